The first kappa shape index (κ1) is 25.1. The minimum absolute atomic E-state index is 0.151. The first-order valence-electron chi connectivity index (χ1n) is 11.6. The number of pyridine rings is 1. The lowest BCUT2D eigenvalue weighted by Gasteiger charge is -2.15. The molecule has 2 heterocycles. The topological polar surface area (TPSA) is 94.6 Å². The van der Waals surface area contributed by atoms with Crippen LogP contribution in [0.15, 0.2) is 54.6 Å². The Morgan fingerprint density at radius 2 is 1.47 bits per heavy atom. The van der Waals surface area contributed by atoms with E-state index in [-0.39, 0.29) is 28.7 Å². The lowest BCUT2D eigenvalue weighted by Crippen LogP contribution is -2.17. The van der Waals surface area contributed by atoms with Crippen molar-refractivity contribution in [3.8, 4) is 11.3 Å². The second kappa shape index (κ2) is 10.7. The van der Waals surface area contributed by atoms with Gasteiger partial charge in [-0.15, -0.1) is 11.3 Å². The van der Waals surface area contributed by atoms with Gasteiger partial charge in [0.2, 0.25) is 0 Å². The van der Waals surface area contributed by atoms with E-state index in [9.17, 15) is 14.4 Å². The molecule has 0 aliphatic carbocycles. The summed E-state index contributed by atoms with van der Waals surface area (Å²) in [5.41, 5.74) is 3.96. The summed E-state index contributed by atoms with van der Waals surface area (Å²) in [5.74, 6) is -1.58. The number of para-hydroxylation sites is 1. The number of anilines is 1. The standard InChI is InChI=1S/C28H26N2O5S/c1-5-34-27(32)22-17(4)24(28(33)35-6-2)36-26(22)30-25(31)21-16(3)23(18-12-8-7-9-13-18)29-20-15-11-10-14-19(20)21/h7-15H,5-6H2,1-4H3,(H,30,31). The molecule has 1 amide bonds. The summed E-state index contributed by atoms with van der Waals surface area (Å²) >= 11 is 1.00. The fraction of sp³-hybridized carbons (Fsp3) is 0.214. The van der Waals surface area contributed by atoms with Crippen molar-refractivity contribution < 1.29 is 23.9 Å². The van der Waals surface area contributed by atoms with Crippen molar-refractivity contribution >= 4 is 45.1 Å². The molecule has 0 fully saturated rings. The molecule has 2 aromatic carbocycles. The van der Waals surface area contributed by atoms with Crippen LogP contribution in [0.25, 0.3) is 22.2 Å². The number of amides is 1. The number of rotatable bonds is 7. The number of hydrogen-bond donors (Lipinski definition) is 1. The maximum atomic E-state index is 13.8. The number of thiophene rings is 1. The molecule has 0 saturated heterocycles. The summed E-state index contributed by atoms with van der Waals surface area (Å²) in [7, 11) is 0. The van der Waals surface area contributed by atoms with E-state index >= 15 is 0 Å². The molecule has 0 saturated carbocycles. The Labute approximate surface area is 213 Å². The van der Waals surface area contributed by atoms with Crippen LogP contribution >= 0.6 is 11.3 Å². The summed E-state index contributed by atoms with van der Waals surface area (Å²) in [4.78, 5) is 44.1. The third-order valence-corrected chi connectivity index (χ3v) is 6.91. The van der Waals surface area contributed by atoms with E-state index in [2.05, 4.69) is 5.32 Å². The number of ether oxygens (including phenoxy) is 2. The highest BCUT2D eigenvalue weighted by molar-refractivity contribution is 7.18. The highest BCUT2D eigenvalue weighted by Crippen LogP contribution is 2.36. The van der Waals surface area contributed by atoms with E-state index in [4.69, 9.17) is 14.5 Å². The molecule has 1 N–H and O–H groups in total. The van der Waals surface area contributed by atoms with Crippen LogP contribution in [0.2, 0.25) is 0 Å². The molecular weight excluding hydrogens is 476 g/mol. The molecule has 184 valence electrons. The minimum Gasteiger partial charge on any atom is -0.462 e. The number of nitrogens with zero attached hydrogens (tertiary/aromatic N) is 1. The normalized spacial score (nSPS) is 10.8. The first-order valence-corrected chi connectivity index (χ1v) is 12.4. The number of carbonyl (C=O) groups is 3. The van der Waals surface area contributed by atoms with E-state index in [0.717, 1.165) is 16.9 Å². The first-order chi connectivity index (χ1) is 17.4. The Balaban J connectivity index is 1.85. The molecule has 0 radical (unpaired) electrons. The number of nitrogens with one attached hydrogen (secondary N) is 1. The van der Waals surface area contributed by atoms with Crippen LogP contribution < -0.4 is 5.32 Å². The van der Waals surface area contributed by atoms with Gasteiger partial charge in [-0.2, -0.15) is 0 Å². The van der Waals surface area contributed by atoms with Crippen LogP contribution in [0.4, 0.5) is 5.00 Å². The highest BCUT2D eigenvalue weighted by atomic mass is 32.1. The molecule has 0 aliphatic heterocycles. The van der Waals surface area contributed by atoms with Crippen molar-refractivity contribution in [2.45, 2.75) is 27.7 Å². The third kappa shape index (κ3) is 4.72. The van der Waals surface area contributed by atoms with Crippen molar-refractivity contribution in [3.63, 3.8) is 0 Å². The van der Waals surface area contributed by atoms with Crippen LogP contribution in [0.5, 0.6) is 0 Å². The maximum Gasteiger partial charge on any atom is 0.348 e. The van der Waals surface area contributed by atoms with Crippen LogP contribution in [0.1, 0.15) is 55.4 Å². The Morgan fingerprint density at radius 3 is 2.17 bits per heavy atom. The van der Waals surface area contributed by atoms with Crippen molar-refractivity contribution in [1.29, 1.82) is 0 Å². The van der Waals surface area contributed by atoms with Gasteiger partial charge < -0.3 is 14.8 Å². The molecule has 0 aliphatic rings. The average molecular weight is 503 g/mol. The Hall–Kier alpha value is -4.04. The van der Waals surface area contributed by atoms with E-state index in [1.165, 1.54) is 0 Å². The predicted molar refractivity (Wildman–Crippen MR) is 141 cm³/mol. The Bertz CT molecular complexity index is 1460. The van der Waals surface area contributed by atoms with Crippen LogP contribution in [0.3, 0.4) is 0 Å². The van der Waals surface area contributed by atoms with E-state index in [0.29, 0.717) is 33.3 Å². The molecule has 0 atom stereocenters. The lowest BCUT2D eigenvalue weighted by molar-refractivity contribution is 0.0527. The van der Waals surface area contributed by atoms with Gasteiger partial charge in [-0.3, -0.25) is 4.79 Å². The van der Waals surface area contributed by atoms with Crippen LogP contribution in [0, 0.1) is 13.8 Å². The zero-order valence-electron chi connectivity index (χ0n) is 20.5. The number of fused-ring (bicyclic) bond motifs is 1. The fourth-order valence-corrected chi connectivity index (χ4v) is 5.17. The van der Waals surface area contributed by atoms with Gasteiger partial charge in [0, 0.05) is 10.9 Å². The SMILES string of the molecule is CCOC(=O)c1sc(NC(=O)c2c(C)c(-c3ccccc3)nc3ccccc23)c(C(=O)OCC)c1C. The molecule has 8 heteroatoms. The van der Waals surface area contributed by atoms with Crippen LogP contribution in [-0.2, 0) is 9.47 Å². The lowest BCUT2D eigenvalue weighted by atomic mass is 9.97. The summed E-state index contributed by atoms with van der Waals surface area (Å²) < 4.78 is 10.4. The minimum atomic E-state index is -0.613. The highest BCUT2D eigenvalue weighted by Gasteiger charge is 2.28. The maximum absolute atomic E-state index is 13.8. The van der Waals surface area contributed by atoms with Crippen molar-refractivity contribution in [2.24, 2.45) is 0 Å². The van der Waals surface area contributed by atoms with E-state index in [1.807, 2.05) is 61.5 Å². The predicted octanol–water partition coefficient (Wildman–Crippen LogP) is 6.19. The monoisotopic (exact) mass is 502 g/mol. The quantitative estimate of drug-likeness (QED) is 0.303. The summed E-state index contributed by atoms with van der Waals surface area (Å²) in [6.45, 7) is 7.25. The number of aromatic nitrogens is 1. The molecule has 4 aromatic rings. The molecule has 0 spiro atoms. The summed E-state index contributed by atoms with van der Waals surface area (Å²) in [6, 6.07) is 17.1. The number of benzene rings is 2. The largest absolute Gasteiger partial charge is 0.462 e. The summed E-state index contributed by atoms with van der Waals surface area (Å²) in [6.07, 6.45) is 0. The average Bonchev–Trinajstić information content (AvgIpc) is 3.20. The van der Waals surface area contributed by atoms with Gasteiger partial charge in [-0.05, 0) is 44.9 Å². The van der Waals surface area contributed by atoms with Gasteiger partial charge in [0.05, 0.1) is 35.6 Å². The fourth-order valence-electron chi connectivity index (χ4n) is 4.08. The summed E-state index contributed by atoms with van der Waals surface area (Å²) in [5, 5.41) is 3.80. The van der Waals surface area contributed by atoms with Gasteiger partial charge in [-0.1, -0.05) is 48.5 Å². The molecular formula is C28H26N2O5S. The van der Waals surface area contributed by atoms with Gasteiger partial charge in [0.15, 0.2) is 0 Å². The Morgan fingerprint density at radius 1 is 0.833 bits per heavy atom. The van der Waals surface area contributed by atoms with Gasteiger partial charge >= 0.3 is 11.9 Å². The van der Waals surface area contributed by atoms with Crippen molar-refractivity contribution in [2.75, 3.05) is 18.5 Å². The second-order valence-electron chi connectivity index (χ2n) is 8.00. The smallest absolute Gasteiger partial charge is 0.348 e. The van der Waals surface area contributed by atoms with Gasteiger partial charge in [0.25, 0.3) is 5.91 Å². The number of hydrogen-bond acceptors (Lipinski definition) is 7. The van der Waals surface area contributed by atoms with E-state index < -0.39 is 17.8 Å². The van der Waals surface area contributed by atoms with E-state index in [1.54, 1.807) is 20.8 Å². The third-order valence-electron chi connectivity index (χ3n) is 5.72. The molecule has 0 bridgehead atoms. The van der Waals surface area contributed by atoms with Gasteiger partial charge in [-0.25, -0.2) is 14.6 Å². The molecule has 7 nitrogen and oxygen atoms in total. The zero-order chi connectivity index (χ0) is 25.8. The van der Waals surface area contributed by atoms with Crippen LogP contribution in [-0.4, -0.2) is 36.0 Å². The van der Waals surface area contributed by atoms with Crippen molar-refractivity contribution in [1.82, 2.24) is 4.98 Å². The number of carbonyl (C=O) groups excluding carboxylic acids is 3. The number of esters is 2. The molecule has 36 heavy (non-hydrogen) atoms. The van der Waals surface area contributed by atoms with Crippen molar-refractivity contribution in [3.05, 3.63) is 81.7 Å². The molecule has 4 rings (SSSR count). The molecule has 0 unspecified atom stereocenters. The Kier molecular flexibility index (Phi) is 7.45. The molecule has 2 aromatic heterocycles. The van der Waals surface area contributed by atoms with Gasteiger partial charge in [0.1, 0.15) is 9.88 Å². The zero-order valence-corrected chi connectivity index (χ0v) is 21.3. The second-order valence-corrected chi connectivity index (χ2v) is 9.02.